The summed E-state index contributed by atoms with van der Waals surface area (Å²) in [5.74, 6) is -0.343. The van der Waals surface area contributed by atoms with E-state index in [-0.39, 0.29) is 5.97 Å². The molecule has 0 atom stereocenters. The first-order chi connectivity index (χ1) is 10.8. The van der Waals surface area contributed by atoms with E-state index in [0.717, 1.165) is 36.8 Å². The summed E-state index contributed by atoms with van der Waals surface area (Å²) in [4.78, 5) is 12.0. The molecule has 0 bridgehead atoms. The smallest absolute Gasteiger partial charge is 0.341 e. The monoisotopic (exact) mass is 298 g/mol. The number of hydrogen-bond acceptors (Lipinski definition) is 3. The number of carbonyl (C=O) groups excluding carboxylic acids is 1. The molecule has 22 heavy (non-hydrogen) atoms. The van der Waals surface area contributed by atoms with Crippen LogP contribution >= 0.6 is 0 Å². The van der Waals surface area contributed by atoms with Crippen LogP contribution in [-0.4, -0.2) is 20.2 Å². The normalized spacial score (nSPS) is 16.0. The molecule has 3 nitrogen and oxygen atoms in total. The van der Waals surface area contributed by atoms with Crippen LogP contribution in [0.1, 0.15) is 31.2 Å². The lowest BCUT2D eigenvalue weighted by Crippen LogP contribution is -2.11. The van der Waals surface area contributed by atoms with Crippen LogP contribution < -0.4 is 0 Å². The van der Waals surface area contributed by atoms with E-state index in [9.17, 15) is 4.79 Å². The highest BCUT2D eigenvalue weighted by Gasteiger charge is 2.21. The molecule has 2 rings (SSSR count). The Morgan fingerprint density at radius 1 is 1.05 bits per heavy atom. The van der Waals surface area contributed by atoms with Gasteiger partial charge in [0, 0.05) is 0 Å². The summed E-state index contributed by atoms with van der Waals surface area (Å²) in [6.45, 7) is 0. The number of carbonyl (C=O) groups is 1. The number of ether oxygens (including phenoxy) is 2. The van der Waals surface area contributed by atoms with Gasteiger partial charge in [-0.05, 0) is 42.4 Å². The van der Waals surface area contributed by atoms with Crippen molar-refractivity contribution in [3.63, 3.8) is 0 Å². The molecule has 0 N–H and O–H groups in total. The van der Waals surface area contributed by atoms with Crippen molar-refractivity contribution in [2.24, 2.45) is 0 Å². The molecule has 0 aliphatic heterocycles. The van der Waals surface area contributed by atoms with E-state index in [2.05, 4.69) is 24.3 Å². The van der Waals surface area contributed by atoms with Crippen LogP contribution in [0.2, 0.25) is 0 Å². The van der Waals surface area contributed by atoms with Crippen LogP contribution in [0.25, 0.3) is 6.08 Å². The molecule has 0 saturated heterocycles. The average molecular weight is 298 g/mol. The zero-order valence-corrected chi connectivity index (χ0v) is 13.2. The molecule has 0 unspecified atom stereocenters. The highest BCUT2D eigenvalue weighted by molar-refractivity contribution is 5.93. The molecule has 0 radical (unpaired) electrons. The van der Waals surface area contributed by atoms with Gasteiger partial charge in [-0.1, -0.05) is 42.5 Å². The third-order valence-electron chi connectivity index (χ3n) is 3.75. The van der Waals surface area contributed by atoms with Gasteiger partial charge in [-0.15, -0.1) is 0 Å². The van der Waals surface area contributed by atoms with Gasteiger partial charge in [0.2, 0.25) is 0 Å². The topological polar surface area (TPSA) is 35.5 Å². The first-order valence-electron chi connectivity index (χ1n) is 7.53. The molecule has 0 spiro atoms. The van der Waals surface area contributed by atoms with Gasteiger partial charge in [-0.3, -0.25) is 0 Å². The Hall–Kier alpha value is -2.29. The predicted molar refractivity (Wildman–Crippen MR) is 88.1 cm³/mol. The fourth-order valence-corrected chi connectivity index (χ4v) is 2.65. The summed E-state index contributed by atoms with van der Waals surface area (Å²) in [6, 6.07) is 10.2. The summed E-state index contributed by atoms with van der Waals surface area (Å²) in [5.41, 5.74) is 3.89. The Balaban J connectivity index is 2.34. The second kappa shape index (κ2) is 8.23. The summed E-state index contributed by atoms with van der Waals surface area (Å²) < 4.78 is 9.95. The van der Waals surface area contributed by atoms with Crippen LogP contribution in [0.4, 0.5) is 0 Å². The zero-order valence-electron chi connectivity index (χ0n) is 13.2. The van der Waals surface area contributed by atoms with E-state index in [1.807, 2.05) is 18.2 Å². The van der Waals surface area contributed by atoms with Gasteiger partial charge in [-0.2, -0.15) is 0 Å². The van der Waals surface area contributed by atoms with Crippen molar-refractivity contribution in [1.82, 2.24) is 0 Å². The van der Waals surface area contributed by atoms with Gasteiger partial charge in [0.1, 0.15) is 0 Å². The Morgan fingerprint density at radius 2 is 1.77 bits per heavy atom. The summed E-state index contributed by atoms with van der Waals surface area (Å²) in [7, 11) is 2.94. The third-order valence-corrected chi connectivity index (χ3v) is 3.75. The molecule has 0 saturated carbocycles. The minimum Gasteiger partial charge on any atom is -0.503 e. The summed E-state index contributed by atoms with van der Waals surface area (Å²) >= 11 is 0. The molecule has 1 aliphatic rings. The Morgan fingerprint density at radius 3 is 2.45 bits per heavy atom. The molecular formula is C19H22O3. The van der Waals surface area contributed by atoms with E-state index in [4.69, 9.17) is 9.47 Å². The Labute approximate surface area is 131 Å². The van der Waals surface area contributed by atoms with Gasteiger partial charge in [0.25, 0.3) is 0 Å². The van der Waals surface area contributed by atoms with Gasteiger partial charge >= 0.3 is 5.97 Å². The largest absolute Gasteiger partial charge is 0.503 e. The maximum absolute atomic E-state index is 12.0. The third kappa shape index (κ3) is 4.10. The van der Waals surface area contributed by atoms with Crippen LogP contribution in [-0.2, 0) is 14.3 Å². The standard InChI is InChI=1S/C19H22O3/c1-21-14-18(19(20)22-2)17-11-7-6-10-16(17)13-12-15-8-4-3-5-9-15/h3-5,8-9,12-14H,6-7,10-11H2,1-2H3. The van der Waals surface area contributed by atoms with E-state index in [0.29, 0.717) is 5.57 Å². The SMILES string of the molecule is COC=C(C(=O)OC)C1=C(C=Cc2ccccc2)CCCC1. The highest BCUT2D eigenvalue weighted by Crippen LogP contribution is 2.31. The summed E-state index contributed by atoms with van der Waals surface area (Å²) in [5, 5.41) is 0. The number of esters is 1. The molecule has 3 heteroatoms. The zero-order chi connectivity index (χ0) is 15.8. The number of rotatable bonds is 5. The molecule has 0 aromatic heterocycles. The van der Waals surface area contributed by atoms with Gasteiger partial charge in [-0.25, -0.2) is 4.79 Å². The van der Waals surface area contributed by atoms with E-state index >= 15 is 0 Å². The lowest BCUT2D eigenvalue weighted by atomic mass is 9.87. The van der Waals surface area contributed by atoms with Crippen molar-refractivity contribution in [2.45, 2.75) is 25.7 Å². The highest BCUT2D eigenvalue weighted by atomic mass is 16.5. The van der Waals surface area contributed by atoms with Crippen LogP contribution in [0.15, 0.2) is 59.4 Å². The average Bonchev–Trinajstić information content (AvgIpc) is 2.58. The molecule has 116 valence electrons. The molecule has 0 fully saturated rings. The lowest BCUT2D eigenvalue weighted by Gasteiger charge is -2.19. The fraction of sp³-hybridized carbons (Fsp3) is 0.316. The maximum Gasteiger partial charge on any atom is 0.341 e. The number of benzene rings is 1. The van der Waals surface area contributed by atoms with Gasteiger partial charge < -0.3 is 9.47 Å². The van der Waals surface area contributed by atoms with Gasteiger partial charge in [0.15, 0.2) is 0 Å². The second-order valence-electron chi connectivity index (χ2n) is 5.21. The van der Waals surface area contributed by atoms with Crippen molar-refractivity contribution in [3.05, 3.63) is 65.0 Å². The Kier molecular flexibility index (Phi) is 6.01. The molecule has 1 aromatic rings. The van der Waals surface area contributed by atoms with Crippen LogP contribution in [0.5, 0.6) is 0 Å². The second-order valence-corrected chi connectivity index (χ2v) is 5.21. The van der Waals surface area contributed by atoms with Crippen molar-refractivity contribution in [3.8, 4) is 0 Å². The van der Waals surface area contributed by atoms with Crippen molar-refractivity contribution < 1.29 is 14.3 Å². The first-order valence-corrected chi connectivity index (χ1v) is 7.53. The summed E-state index contributed by atoms with van der Waals surface area (Å²) in [6.07, 6.45) is 9.74. The van der Waals surface area contributed by atoms with Crippen molar-refractivity contribution in [1.29, 1.82) is 0 Å². The quantitative estimate of drug-likeness (QED) is 0.462. The van der Waals surface area contributed by atoms with E-state index in [1.165, 1.54) is 18.9 Å². The molecule has 1 aliphatic carbocycles. The van der Waals surface area contributed by atoms with Gasteiger partial charge in [0.05, 0.1) is 26.1 Å². The molecule has 0 amide bonds. The number of hydrogen-bond donors (Lipinski definition) is 0. The van der Waals surface area contributed by atoms with Crippen LogP contribution in [0.3, 0.4) is 0 Å². The maximum atomic E-state index is 12.0. The minimum atomic E-state index is -0.343. The van der Waals surface area contributed by atoms with Crippen molar-refractivity contribution in [2.75, 3.05) is 14.2 Å². The van der Waals surface area contributed by atoms with E-state index in [1.54, 1.807) is 7.11 Å². The lowest BCUT2D eigenvalue weighted by molar-refractivity contribution is -0.136. The molecular weight excluding hydrogens is 276 g/mol. The predicted octanol–water partition coefficient (Wildman–Crippen LogP) is 4.27. The molecule has 1 aromatic carbocycles. The number of methoxy groups -OCH3 is 2. The fourth-order valence-electron chi connectivity index (χ4n) is 2.65. The van der Waals surface area contributed by atoms with Crippen LogP contribution in [0, 0.1) is 0 Å². The first kappa shape index (κ1) is 16.1. The number of allylic oxidation sites excluding steroid dienone is 2. The van der Waals surface area contributed by atoms with Crippen molar-refractivity contribution >= 4 is 12.0 Å². The molecule has 0 heterocycles. The van der Waals surface area contributed by atoms with E-state index < -0.39 is 0 Å². The minimum absolute atomic E-state index is 0.343. The Bertz CT molecular complexity index is 594.